The van der Waals surface area contributed by atoms with Crippen molar-refractivity contribution in [3.8, 4) is 0 Å². The Balaban J connectivity index is 1.50. The molecule has 1 fully saturated rings. The van der Waals surface area contributed by atoms with Gasteiger partial charge in [-0.1, -0.05) is 35.3 Å². The second-order valence-electron chi connectivity index (χ2n) is 7.14. The lowest BCUT2D eigenvalue weighted by atomic mass is 10.2. The molecule has 2 aromatic rings. The molecule has 0 aliphatic carbocycles. The summed E-state index contributed by atoms with van der Waals surface area (Å²) >= 11 is 12.0. The first-order valence-corrected chi connectivity index (χ1v) is 11.8. The highest BCUT2D eigenvalue weighted by atomic mass is 35.5. The Hall–Kier alpha value is -1.64. The third-order valence-corrected chi connectivity index (χ3v) is 6.48. The van der Waals surface area contributed by atoms with Gasteiger partial charge in [0.2, 0.25) is 5.91 Å². The van der Waals surface area contributed by atoms with Crippen LogP contribution < -0.4 is 5.32 Å². The minimum atomic E-state index is -3.37. The molecule has 1 amide bonds. The quantitative estimate of drug-likeness (QED) is 0.724. The summed E-state index contributed by atoms with van der Waals surface area (Å²) in [6.07, 6.45) is 1.12. The van der Waals surface area contributed by atoms with Crippen LogP contribution >= 0.6 is 23.2 Å². The average Bonchev–Trinajstić information content (AvgIpc) is 2.66. The summed E-state index contributed by atoms with van der Waals surface area (Å²) in [7, 11) is -3.37. The van der Waals surface area contributed by atoms with Crippen LogP contribution in [0.4, 0.5) is 5.69 Å². The molecule has 2 aromatic carbocycles. The van der Waals surface area contributed by atoms with E-state index in [1.54, 1.807) is 0 Å². The molecule has 0 atom stereocenters. The predicted octanol–water partition coefficient (Wildman–Crippen LogP) is 3.15. The highest BCUT2D eigenvalue weighted by Crippen LogP contribution is 2.25. The summed E-state index contributed by atoms with van der Waals surface area (Å²) < 4.78 is 23.4. The lowest BCUT2D eigenvalue weighted by Crippen LogP contribution is -2.48. The number of benzene rings is 2. The van der Waals surface area contributed by atoms with E-state index in [1.807, 2.05) is 24.3 Å². The van der Waals surface area contributed by atoms with Crippen molar-refractivity contribution in [1.82, 2.24) is 9.80 Å². The molecule has 0 radical (unpaired) electrons. The number of sulfone groups is 1. The largest absolute Gasteiger partial charge is 0.324 e. The number of halogens is 2. The van der Waals surface area contributed by atoms with Gasteiger partial charge in [0.25, 0.3) is 0 Å². The van der Waals surface area contributed by atoms with Crippen LogP contribution in [0.3, 0.4) is 0 Å². The number of anilines is 1. The molecule has 0 spiro atoms. The number of hydrogen-bond donors (Lipinski definition) is 1. The van der Waals surface area contributed by atoms with Gasteiger partial charge in [-0.25, -0.2) is 8.42 Å². The minimum Gasteiger partial charge on any atom is -0.324 e. The molecule has 29 heavy (non-hydrogen) atoms. The first kappa shape index (κ1) is 22.1. The Labute approximate surface area is 181 Å². The van der Waals surface area contributed by atoms with Gasteiger partial charge in [-0.2, -0.15) is 0 Å². The third-order valence-electron chi connectivity index (χ3n) is 4.79. The molecule has 1 aliphatic heterocycles. The molecular weight excluding hydrogens is 433 g/mol. The van der Waals surface area contributed by atoms with Gasteiger partial charge in [0.1, 0.15) is 0 Å². The Morgan fingerprint density at radius 3 is 2.24 bits per heavy atom. The lowest BCUT2D eigenvalue weighted by molar-refractivity contribution is -0.117. The zero-order chi connectivity index (χ0) is 21.0. The number of hydrogen-bond acceptors (Lipinski definition) is 5. The van der Waals surface area contributed by atoms with Crippen molar-refractivity contribution < 1.29 is 13.2 Å². The van der Waals surface area contributed by atoms with E-state index < -0.39 is 9.84 Å². The lowest BCUT2D eigenvalue weighted by Gasteiger charge is -2.34. The fourth-order valence-corrected chi connectivity index (χ4v) is 4.12. The van der Waals surface area contributed by atoms with E-state index in [9.17, 15) is 13.2 Å². The van der Waals surface area contributed by atoms with Crippen LogP contribution in [0.5, 0.6) is 0 Å². The van der Waals surface area contributed by atoms with E-state index in [0.717, 1.165) is 44.0 Å². The Morgan fingerprint density at radius 1 is 1.00 bits per heavy atom. The maximum absolute atomic E-state index is 12.4. The zero-order valence-electron chi connectivity index (χ0n) is 16.1. The van der Waals surface area contributed by atoms with Crippen molar-refractivity contribution in [3.05, 3.63) is 58.1 Å². The minimum absolute atomic E-state index is 0.119. The third kappa shape index (κ3) is 6.42. The smallest absolute Gasteiger partial charge is 0.238 e. The average molecular weight is 456 g/mol. The zero-order valence-corrected chi connectivity index (χ0v) is 18.4. The number of carbonyl (C=O) groups excluding carboxylic acids is 1. The van der Waals surface area contributed by atoms with Crippen LogP contribution in [0.15, 0.2) is 47.4 Å². The number of nitrogens with zero attached hydrogens (tertiary/aromatic N) is 2. The molecule has 1 saturated heterocycles. The number of rotatable bonds is 6. The summed E-state index contributed by atoms with van der Waals surface area (Å²) in [5, 5.41) is 3.76. The van der Waals surface area contributed by atoms with Crippen molar-refractivity contribution in [1.29, 1.82) is 0 Å². The molecule has 0 saturated carbocycles. The van der Waals surface area contributed by atoms with Gasteiger partial charge in [0, 0.05) is 44.0 Å². The van der Waals surface area contributed by atoms with Crippen LogP contribution in [0.2, 0.25) is 10.0 Å². The standard InChI is InChI=1S/C20H23Cl2N3O3S/c1-29(27,28)17-6-7-18(22)19(12-17)23-20(26)14-25-10-8-24(9-11-25)13-15-2-4-16(21)5-3-15/h2-7,12H,8-11,13-14H2,1H3,(H,23,26). The van der Waals surface area contributed by atoms with Crippen LogP contribution in [-0.4, -0.2) is 63.1 Å². The molecule has 156 valence electrons. The summed E-state index contributed by atoms with van der Waals surface area (Å²) in [4.78, 5) is 16.9. The summed E-state index contributed by atoms with van der Waals surface area (Å²) in [6.45, 7) is 4.36. The van der Waals surface area contributed by atoms with Gasteiger partial charge in [-0.05, 0) is 35.9 Å². The van der Waals surface area contributed by atoms with Gasteiger partial charge < -0.3 is 5.32 Å². The van der Waals surface area contributed by atoms with Crippen LogP contribution in [0, 0.1) is 0 Å². The highest BCUT2D eigenvalue weighted by molar-refractivity contribution is 7.90. The maximum atomic E-state index is 12.4. The van der Waals surface area contributed by atoms with Crippen molar-refractivity contribution in [2.45, 2.75) is 11.4 Å². The summed E-state index contributed by atoms with van der Waals surface area (Å²) in [5.74, 6) is -0.219. The van der Waals surface area contributed by atoms with E-state index in [2.05, 4.69) is 15.1 Å². The first-order valence-electron chi connectivity index (χ1n) is 9.19. The normalized spacial score (nSPS) is 16.0. The van der Waals surface area contributed by atoms with Crippen molar-refractivity contribution in [3.63, 3.8) is 0 Å². The molecule has 0 unspecified atom stereocenters. The fraction of sp³-hybridized carbons (Fsp3) is 0.350. The van der Waals surface area contributed by atoms with E-state index in [0.29, 0.717) is 10.7 Å². The number of nitrogens with one attached hydrogen (secondary N) is 1. The monoisotopic (exact) mass is 455 g/mol. The Morgan fingerprint density at radius 2 is 1.62 bits per heavy atom. The van der Waals surface area contributed by atoms with Gasteiger partial charge in [-0.15, -0.1) is 0 Å². The highest BCUT2D eigenvalue weighted by Gasteiger charge is 2.20. The van der Waals surface area contributed by atoms with Crippen LogP contribution in [-0.2, 0) is 21.2 Å². The molecule has 0 bridgehead atoms. The number of piperazine rings is 1. The van der Waals surface area contributed by atoms with E-state index >= 15 is 0 Å². The van der Waals surface area contributed by atoms with E-state index in [4.69, 9.17) is 23.2 Å². The van der Waals surface area contributed by atoms with Crippen molar-refractivity contribution in [2.75, 3.05) is 44.3 Å². The first-order chi connectivity index (χ1) is 13.7. The second-order valence-corrected chi connectivity index (χ2v) is 10.0. The second kappa shape index (κ2) is 9.45. The molecule has 0 aromatic heterocycles. The Bertz CT molecular complexity index is 973. The van der Waals surface area contributed by atoms with Gasteiger partial charge in [0.05, 0.1) is 22.2 Å². The van der Waals surface area contributed by atoms with Crippen LogP contribution in [0.1, 0.15) is 5.56 Å². The molecule has 9 heteroatoms. The molecular formula is C20H23Cl2N3O3S. The molecule has 6 nitrogen and oxygen atoms in total. The summed E-state index contributed by atoms with van der Waals surface area (Å²) in [5.41, 5.74) is 1.52. The van der Waals surface area contributed by atoms with E-state index in [1.165, 1.54) is 23.8 Å². The summed E-state index contributed by atoms with van der Waals surface area (Å²) in [6, 6.07) is 12.1. The van der Waals surface area contributed by atoms with Gasteiger partial charge >= 0.3 is 0 Å². The molecule has 1 heterocycles. The van der Waals surface area contributed by atoms with Crippen molar-refractivity contribution >= 4 is 44.6 Å². The molecule has 1 N–H and O–H groups in total. The fourth-order valence-electron chi connectivity index (χ4n) is 3.18. The van der Waals surface area contributed by atoms with Gasteiger partial charge in [0.15, 0.2) is 9.84 Å². The maximum Gasteiger partial charge on any atom is 0.238 e. The number of carbonyl (C=O) groups is 1. The molecule has 1 aliphatic rings. The topological polar surface area (TPSA) is 69.7 Å². The van der Waals surface area contributed by atoms with E-state index in [-0.39, 0.29) is 17.3 Å². The van der Waals surface area contributed by atoms with Crippen molar-refractivity contribution in [2.24, 2.45) is 0 Å². The molecule has 3 rings (SSSR count). The Kier molecular flexibility index (Phi) is 7.19. The number of amides is 1. The van der Waals surface area contributed by atoms with Crippen LogP contribution in [0.25, 0.3) is 0 Å². The predicted molar refractivity (Wildman–Crippen MR) is 116 cm³/mol. The SMILES string of the molecule is CS(=O)(=O)c1ccc(Cl)c(NC(=O)CN2CCN(Cc3ccc(Cl)cc3)CC2)c1. The van der Waals surface area contributed by atoms with Gasteiger partial charge in [-0.3, -0.25) is 14.6 Å².